The highest BCUT2D eigenvalue weighted by Crippen LogP contribution is 2.10. The van der Waals surface area contributed by atoms with Gasteiger partial charge in [0.15, 0.2) is 0 Å². The van der Waals surface area contributed by atoms with Crippen molar-refractivity contribution in [3.05, 3.63) is 48.0 Å². The summed E-state index contributed by atoms with van der Waals surface area (Å²) in [6.45, 7) is 11.2. The molecule has 1 aromatic heterocycles. The highest BCUT2D eigenvalue weighted by molar-refractivity contribution is 5.26. The highest BCUT2D eigenvalue weighted by atomic mass is 16.5. The summed E-state index contributed by atoms with van der Waals surface area (Å²) in [5, 5.41) is 0. The van der Waals surface area contributed by atoms with Crippen LogP contribution >= 0.6 is 0 Å². The maximum absolute atomic E-state index is 5.45. The van der Waals surface area contributed by atoms with Crippen molar-refractivity contribution in [1.29, 1.82) is 0 Å². The molecule has 0 N–H and O–H groups in total. The van der Waals surface area contributed by atoms with Crippen LogP contribution in [-0.2, 0) is 0 Å². The van der Waals surface area contributed by atoms with Gasteiger partial charge in [0.1, 0.15) is 5.76 Å². The van der Waals surface area contributed by atoms with Crippen LogP contribution < -0.4 is 4.74 Å². The van der Waals surface area contributed by atoms with E-state index in [1.807, 2.05) is 39.8 Å². The number of hydrogen-bond acceptors (Lipinski definition) is 3. The molecular formula is C14H20N2O. The minimum atomic E-state index is 0.592. The van der Waals surface area contributed by atoms with Crippen molar-refractivity contribution in [2.45, 2.75) is 27.7 Å². The van der Waals surface area contributed by atoms with E-state index in [1.165, 1.54) is 0 Å². The smallest absolute Gasteiger partial charge is 0.218 e. The number of aryl methyl sites for hydroxylation is 1. The van der Waals surface area contributed by atoms with Crippen molar-refractivity contribution in [3.63, 3.8) is 0 Å². The molecule has 1 rings (SSSR count). The summed E-state index contributed by atoms with van der Waals surface area (Å²) in [6.07, 6.45) is 6.92. The summed E-state index contributed by atoms with van der Waals surface area (Å²) in [5.41, 5.74) is 1.11. The third kappa shape index (κ3) is 7.06. The molecule has 0 radical (unpaired) electrons. The molecule has 17 heavy (non-hydrogen) atoms. The van der Waals surface area contributed by atoms with E-state index in [4.69, 9.17) is 4.74 Å². The molecule has 92 valence electrons. The van der Waals surface area contributed by atoms with Gasteiger partial charge in [-0.05, 0) is 38.3 Å². The van der Waals surface area contributed by atoms with E-state index in [-0.39, 0.29) is 0 Å². The Morgan fingerprint density at radius 2 is 2.12 bits per heavy atom. The Bertz CT molecular complexity index is 378. The number of allylic oxidation sites excluding steroid dienone is 3. The maximum atomic E-state index is 5.45. The van der Waals surface area contributed by atoms with Crippen molar-refractivity contribution in [2.24, 2.45) is 4.99 Å². The molecule has 3 heteroatoms. The molecule has 0 unspecified atom stereocenters. The molecule has 0 aliphatic heterocycles. The van der Waals surface area contributed by atoms with Gasteiger partial charge in [0, 0.05) is 18.5 Å². The minimum absolute atomic E-state index is 0.592. The highest BCUT2D eigenvalue weighted by Gasteiger charge is 1.94. The van der Waals surface area contributed by atoms with Crippen molar-refractivity contribution in [1.82, 2.24) is 4.98 Å². The fourth-order valence-corrected chi connectivity index (χ4v) is 0.953. The lowest BCUT2D eigenvalue weighted by atomic mass is 10.3. The van der Waals surface area contributed by atoms with Crippen molar-refractivity contribution >= 4 is 6.72 Å². The van der Waals surface area contributed by atoms with Gasteiger partial charge in [-0.15, -0.1) is 0 Å². The summed E-state index contributed by atoms with van der Waals surface area (Å²) in [7, 11) is 0. The molecule has 0 saturated heterocycles. The van der Waals surface area contributed by atoms with Gasteiger partial charge < -0.3 is 4.74 Å². The van der Waals surface area contributed by atoms with E-state index in [0.717, 1.165) is 11.3 Å². The van der Waals surface area contributed by atoms with Crippen LogP contribution in [-0.4, -0.2) is 11.7 Å². The average molecular weight is 232 g/mol. The predicted molar refractivity (Wildman–Crippen MR) is 73.4 cm³/mol. The minimum Gasteiger partial charge on any atom is -0.444 e. The monoisotopic (exact) mass is 232 g/mol. The Morgan fingerprint density at radius 3 is 2.65 bits per heavy atom. The summed E-state index contributed by atoms with van der Waals surface area (Å²) in [6, 6.07) is 3.79. The first kappa shape index (κ1) is 15.1. The van der Waals surface area contributed by atoms with Gasteiger partial charge in [0.05, 0.1) is 0 Å². The topological polar surface area (TPSA) is 34.5 Å². The fraction of sp³-hybridized carbons (Fsp3) is 0.286. The number of aliphatic imine (C=N–C) groups is 1. The standard InChI is InChI=1S/C12H14N2O.C2H6/c1-10-6-7-12(14-9-10)15-11(2)5-4-8-13-3;1-2/h4-9H,3H2,1-2H3;1-2H3/b8-4-,11-5+;. The van der Waals surface area contributed by atoms with Crippen LogP contribution in [0.3, 0.4) is 0 Å². The number of aromatic nitrogens is 1. The molecule has 1 heterocycles. The molecule has 3 nitrogen and oxygen atoms in total. The van der Waals surface area contributed by atoms with Gasteiger partial charge >= 0.3 is 0 Å². The lowest BCUT2D eigenvalue weighted by Gasteiger charge is -2.03. The zero-order valence-corrected chi connectivity index (χ0v) is 11.0. The molecule has 0 bridgehead atoms. The summed E-state index contributed by atoms with van der Waals surface area (Å²) < 4.78 is 5.45. The maximum Gasteiger partial charge on any atom is 0.218 e. The van der Waals surface area contributed by atoms with E-state index in [2.05, 4.69) is 16.7 Å². The Labute approximate surface area is 104 Å². The molecule has 0 saturated carbocycles. The van der Waals surface area contributed by atoms with Gasteiger partial charge in [-0.3, -0.25) is 4.99 Å². The second-order valence-corrected chi connectivity index (χ2v) is 3.08. The van der Waals surface area contributed by atoms with E-state index in [9.17, 15) is 0 Å². The molecule has 0 atom stereocenters. The van der Waals surface area contributed by atoms with Crippen molar-refractivity contribution < 1.29 is 4.74 Å². The predicted octanol–water partition coefficient (Wildman–Crippen LogP) is 3.91. The molecule has 0 aliphatic carbocycles. The molecule has 0 fully saturated rings. The Balaban J connectivity index is 0.00000121. The van der Waals surface area contributed by atoms with Crippen LogP contribution in [0.1, 0.15) is 26.3 Å². The molecular weight excluding hydrogens is 212 g/mol. The summed E-state index contributed by atoms with van der Waals surface area (Å²) in [4.78, 5) is 7.70. The Morgan fingerprint density at radius 1 is 1.41 bits per heavy atom. The first-order chi connectivity index (χ1) is 8.22. The number of rotatable bonds is 4. The van der Waals surface area contributed by atoms with Crippen LogP contribution in [0.25, 0.3) is 0 Å². The van der Waals surface area contributed by atoms with Crippen LogP contribution in [0.15, 0.2) is 47.4 Å². The lowest BCUT2D eigenvalue weighted by Crippen LogP contribution is -1.92. The number of hydrogen-bond donors (Lipinski definition) is 0. The van der Waals surface area contributed by atoms with Gasteiger partial charge in [0.2, 0.25) is 5.88 Å². The third-order valence-corrected chi connectivity index (χ3v) is 1.67. The van der Waals surface area contributed by atoms with E-state index in [0.29, 0.717) is 5.88 Å². The van der Waals surface area contributed by atoms with Crippen LogP contribution in [0.5, 0.6) is 5.88 Å². The quantitative estimate of drug-likeness (QED) is 0.448. The first-order valence-corrected chi connectivity index (χ1v) is 5.62. The zero-order valence-electron chi connectivity index (χ0n) is 11.0. The summed E-state index contributed by atoms with van der Waals surface area (Å²) in [5.74, 6) is 1.35. The number of pyridine rings is 1. The Hall–Kier alpha value is -1.90. The second-order valence-electron chi connectivity index (χ2n) is 3.08. The number of ether oxygens (including phenoxy) is 1. The van der Waals surface area contributed by atoms with Crippen molar-refractivity contribution in [3.8, 4) is 5.88 Å². The van der Waals surface area contributed by atoms with Gasteiger partial charge in [-0.1, -0.05) is 19.9 Å². The summed E-state index contributed by atoms with van der Waals surface area (Å²) >= 11 is 0. The van der Waals surface area contributed by atoms with E-state index >= 15 is 0 Å². The third-order valence-electron chi connectivity index (χ3n) is 1.67. The SMILES string of the molecule is C=N/C=C\C=C(/C)Oc1ccc(C)cn1.CC. The fourth-order valence-electron chi connectivity index (χ4n) is 0.953. The van der Waals surface area contributed by atoms with Crippen molar-refractivity contribution in [2.75, 3.05) is 0 Å². The van der Waals surface area contributed by atoms with Crippen LogP contribution in [0, 0.1) is 6.92 Å². The van der Waals surface area contributed by atoms with Gasteiger partial charge in [-0.25, -0.2) is 4.98 Å². The second kappa shape index (κ2) is 9.33. The molecule has 0 aliphatic rings. The normalized spacial score (nSPS) is 10.7. The molecule has 1 aromatic rings. The van der Waals surface area contributed by atoms with Crippen LogP contribution in [0.2, 0.25) is 0 Å². The first-order valence-electron chi connectivity index (χ1n) is 5.62. The number of nitrogens with zero attached hydrogens (tertiary/aromatic N) is 2. The van der Waals surface area contributed by atoms with Crippen LogP contribution in [0.4, 0.5) is 0 Å². The molecule has 0 amide bonds. The van der Waals surface area contributed by atoms with E-state index < -0.39 is 0 Å². The van der Waals surface area contributed by atoms with Gasteiger partial charge in [0.25, 0.3) is 0 Å². The largest absolute Gasteiger partial charge is 0.444 e. The molecule has 0 spiro atoms. The van der Waals surface area contributed by atoms with Gasteiger partial charge in [-0.2, -0.15) is 0 Å². The Kier molecular flexibility index (Phi) is 8.29. The van der Waals surface area contributed by atoms with E-state index in [1.54, 1.807) is 24.5 Å². The zero-order chi connectivity index (χ0) is 13.1. The molecule has 0 aromatic carbocycles. The lowest BCUT2D eigenvalue weighted by molar-refractivity contribution is 0.411. The average Bonchev–Trinajstić information content (AvgIpc) is 2.35.